The third-order valence-electron chi connectivity index (χ3n) is 4.55. The molecule has 3 heterocycles. The Morgan fingerprint density at radius 1 is 1.29 bits per heavy atom. The Labute approximate surface area is 123 Å². The first-order valence-corrected chi connectivity index (χ1v) is 7.47. The van der Waals surface area contributed by atoms with Crippen LogP contribution in [0.15, 0.2) is 42.7 Å². The number of carbonyl (C=O) groups is 1. The number of benzene rings is 1. The molecule has 1 aromatic heterocycles. The Morgan fingerprint density at radius 2 is 2.19 bits per heavy atom. The second-order valence-electron chi connectivity index (χ2n) is 5.85. The second kappa shape index (κ2) is 5.00. The molecule has 3 unspecified atom stereocenters. The number of anilines is 1. The van der Waals surface area contributed by atoms with Crippen molar-refractivity contribution in [2.75, 3.05) is 5.32 Å². The molecule has 4 rings (SSSR count). The van der Waals surface area contributed by atoms with Gasteiger partial charge in [-0.05, 0) is 37.5 Å². The number of aromatic nitrogens is 2. The Morgan fingerprint density at radius 3 is 2.90 bits per heavy atom. The highest BCUT2D eigenvalue weighted by atomic mass is 16.2. The van der Waals surface area contributed by atoms with Crippen molar-refractivity contribution >= 4 is 11.6 Å². The van der Waals surface area contributed by atoms with E-state index in [2.05, 4.69) is 15.7 Å². The lowest BCUT2D eigenvalue weighted by molar-refractivity contribution is -0.120. The zero-order valence-corrected chi connectivity index (χ0v) is 11.7. The van der Waals surface area contributed by atoms with Crippen LogP contribution < -0.4 is 10.6 Å². The molecule has 1 aromatic carbocycles. The van der Waals surface area contributed by atoms with E-state index in [-0.39, 0.29) is 11.8 Å². The standard InChI is InChI=1S/C16H18N4O/c21-16(12-10-11-6-7-13(12)18-11)19-14-4-1-2-5-15(14)20-9-3-8-17-20/h1-5,8-9,11-13,18H,6-7,10H2,(H,19,21). The van der Waals surface area contributed by atoms with Crippen LogP contribution in [0.5, 0.6) is 0 Å². The Kier molecular flexibility index (Phi) is 3.00. The summed E-state index contributed by atoms with van der Waals surface area (Å²) in [6, 6.07) is 10.5. The quantitative estimate of drug-likeness (QED) is 0.904. The topological polar surface area (TPSA) is 59.0 Å². The summed E-state index contributed by atoms with van der Waals surface area (Å²) in [5.41, 5.74) is 1.71. The SMILES string of the molecule is O=C(Nc1ccccc1-n1cccn1)C1CC2CCC1N2. The number of fused-ring (bicyclic) bond motifs is 2. The van der Waals surface area contributed by atoms with Gasteiger partial charge in [-0.25, -0.2) is 4.68 Å². The molecule has 2 aliphatic heterocycles. The van der Waals surface area contributed by atoms with Crippen LogP contribution in [0.3, 0.4) is 0 Å². The molecule has 2 bridgehead atoms. The van der Waals surface area contributed by atoms with E-state index in [1.807, 2.05) is 36.5 Å². The van der Waals surface area contributed by atoms with Crippen LogP contribution in [0.2, 0.25) is 0 Å². The Bertz CT molecular complexity index is 652. The maximum absolute atomic E-state index is 12.5. The molecule has 2 saturated heterocycles. The van der Waals surface area contributed by atoms with Crippen LogP contribution in [0, 0.1) is 5.92 Å². The molecular formula is C16H18N4O. The number of nitrogens with zero attached hydrogens (tertiary/aromatic N) is 2. The summed E-state index contributed by atoms with van der Waals surface area (Å²) in [7, 11) is 0. The normalized spacial score (nSPS) is 27.0. The number of para-hydroxylation sites is 2. The molecule has 5 heteroatoms. The van der Waals surface area contributed by atoms with Crippen molar-refractivity contribution in [3.63, 3.8) is 0 Å². The summed E-state index contributed by atoms with van der Waals surface area (Å²) >= 11 is 0. The minimum absolute atomic E-state index is 0.0921. The molecule has 0 spiro atoms. The van der Waals surface area contributed by atoms with Crippen LogP contribution in [0.25, 0.3) is 5.69 Å². The van der Waals surface area contributed by atoms with Crippen molar-refractivity contribution in [1.82, 2.24) is 15.1 Å². The molecule has 2 fully saturated rings. The van der Waals surface area contributed by atoms with Crippen LogP contribution in [0.1, 0.15) is 19.3 Å². The first kappa shape index (κ1) is 12.6. The van der Waals surface area contributed by atoms with Crippen molar-refractivity contribution in [2.45, 2.75) is 31.3 Å². The highest BCUT2D eigenvalue weighted by Gasteiger charge is 2.42. The van der Waals surface area contributed by atoms with Crippen LogP contribution in [-0.4, -0.2) is 27.8 Å². The molecular weight excluding hydrogens is 264 g/mol. The van der Waals surface area contributed by atoms with Gasteiger partial charge in [0.1, 0.15) is 0 Å². The van der Waals surface area contributed by atoms with Crippen LogP contribution in [-0.2, 0) is 4.79 Å². The van der Waals surface area contributed by atoms with Gasteiger partial charge in [0.15, 0.2) is 0 Å². The third kappa shape index (κ3) is 2.23. The molecule has 0 radical (unpaired) electrons. The number of nitrogens with one attached hydrogen (secondary N) is 2. The van der Waals surface area contributed by atoms with Gasteiger partial charge >= 0.3 is 0 Å². The predicted molar refractivity (Wildman–Crippen MR) is 80.2 cm³/mol. The molecule has 3 atom stereocenters. The summed E-state index contributed by atoms with van der Waals surface area (Å²) in [6.45, 7) is 0. The highest BCUT2D eigenvalue weighted by Crippen LogP contribution is 2.34. The minimum Gasteiger partial charge on any atom is -0.324 e. The molecule has 21 heavy (non-hydrogen) atoms. The van der Waals surface area contributed by atoms with Gasteiger partial charge in [-0.3, -0.25) is 4.79 Å². The summed E-state index contributed by atoms with van der Waals surface area (Å²) in [6.07, 6.45) is 6.89. The van der Waals surface area contributed by atoms with Gasteiger partial charge in [-0.15, -0.1) is 0 Å². The Balaban J connectivity index is 1.56. The van der Waals surface area contributed by atoms with Gasteiger partial charge in [-0.1, -0.05) is 12.1 Å². The maximum atomic E-state index is 12.5. The molecule has 5 nitrogen and oxygen atoms in total. The second-order valence-corrected chi connectivity index (χ2v) is 5.85. The fraction of sp³-hybridized carbons (Fsp3) is 0.375. The summed E-state index contributed by atoms with van der Waals surface area (Å²) in [4.78, 5) is 12.5. The van der Waals surface area contributed by atoms with Crippen LogP contribution in [0.4, 0.5) is 5.69 Å². The Hall–Kier alpha value is -2.14. The average Bonchev–Trinajstić information content (AvgIpc) is 3.25. The van der Waals surface area contributed by atoms with E-state index >= 15 is 0 Å². The number of hydrogen-bond acceptors (Lipinski definition) is 3. The van der Waals surface area contributed by atoms with E-state index in [1.54, 1.807) is 10.9 Å². The third-order valence-corrected chi connectivity index (χ3v) is 4.55. The van der Waals surface area contributed by atoms with E-state index in [0.717, 1.165) is 24.2 Å². The number of hydrogen-bond donors (Lipinski definition) is 2. The first-order valence-electron chi connectivity index (χ1n) is 7.47. The largest absolute Gasteiger partial charge is 0.324 e. The van der Waals surface area contributed by atoms with Crippen molar-refractivity contribution in [2.24, 2.45) is 5.92 Å². The van der Waals surface area contributed by atoms with E-state index in [0.29, 0.717) is 12.1 Å². The number of rotatable bonds is 3. The molecule has 0 aliphatic carbocycles. The molecule has 2 aromatic rings. The summed E-state index contributed by atoms with van der Waals surface area (Å²) < 4.78 is 1.77. The van der Waals surface area contributed by atoms with Gasteiger partial charge in [0, 0.05) is 24.5 Å². The molecule has 108 valence electrons. The zero-order valence-electron chi connectivity index (χ0n) is 11.7. The van der Waals surface area contributed by atoms with E-state index in [1.165, 1.54) is 6.42 Å². The van der Waals surface area contributed by atoms with Gasteiger partial charge < -0.3 is 10.6 Å². The van der Waals surface area contributed by atoms with E-state index < -0.39 is 0 Å². The van der Waals surface area contributed by atoms with Crippen molar-refractivity contribution in [3.05, 3.63) is 42.7 Å². The van der Waals surface area contributed by atoms with Crippen molar-refractivity contribution in [1.29, 1.82) is 0 Å². The highest BCUT2D eigenvalue weighted by molar-refractivity contribution is 5.95. The van der Waals surface area contributed by atoms with Gasteiger partial charge in [0.05, 0.1) is 17.3 Å². The molecule has 2 N–H and O–H groups in total. The van der Waals surface area contributed by atoms with Crippen molar-refractivity contribution < 1.29 is 4.79 Å². The van der Waals surface area contributed by atoms with Gasteiger partial charge in [-0.2, -0.15) is 5.10 Å². The van der Waals surface area contributed by atoms with E-state index in [9.17, 15) is 4.79 Å². The first-order chi connectivity index (χ1) is 10.3. The predicted octanol–water partition coefficient (Wildman–Crippen LogP) is 1.95. The maximum Gasteiger partial charge on any atom is 0.229 e. The smallest absolute Gasteiger partial charge is 0.229 e. The monoisotopic (exact) mass is 282 g/mol. The number of amides is 1. The fourth-order valence-corrected chi connectivity index (χ4v) is 3.53. The minimum atomic E-state index is 0.0921. The molecule has 1 amide bonds. The lowest BCUT2D eigenvalue weighted by Crippen LogP contribution is -2.33. The van der Waals surface area contributed by atoms with Crippen LogP contribution >= 0.6 is 0 Å². The lowest BCUT2D eigenvalue weighted by atomic mass is 9.88. The zero-order chi connectivity index (χ0) is 14.2. The van der Waals surface area contributed by atoms with E-state index in [4.69, 9.17) is 0 Å². The van der Waals surface area contributed by atoms with Gasteiger partial charge in [0.25, 0.3) is 0 Å². The number of carbonyl (C=O) groups excluding carboxylic acids is 1. The van der Waals surface area contributed by atoms with Gasteiger partial charge in [0.2, 0.25) is 5.91 Å². The van der Waals surface area contributed by atoms with Crippen molar-refractivity contribution in [3.8, 4) is 5.69 Å². The fourth-order valence-electron chi connectivity index (χ4n) is 3.53. The summed E-state index contributed by atoms with van der Waals surface area (Å²) in [5, 5.41) is 10.8. The average molecular weight is 282 g/mol. The molecule has 2 aliphatic rings. The summed E-state index contributed by atoms with van der Waals surface area (Å²) in [5.74, 6) is 0.212. The lowest BCUT2D eigenvalue weighted by Gasteiger charge is -2.20. The molecule has 0 saturated carbocycles.